The van der Waals surface area contributed by atoms with Gasteiger partial charge >= 0.3 is 0 Å². The smallest absolute Gasteiger partial charge is 0.209 e. The summed E-state index contributed by atoms with van der Waals surface area (Å²) in [6, 6.07) is 41.0. The number of benzene rings is 6. The summed E-state index contributed by atoms with van der Waals surface area (Å²) in [6.45, 7) is 18.6. The van der Waals surface area contributed by atoms with Crippen molar-refractivity contribution in [3.8, 4) is 0 Å². The molecular formula is C50H53N2+. The zero-order chi connectivity index (χ0) is 36.2. The Labute approximate surface area is 310 Å². The molecule has 262 valence electrons. The third-order valence-electron chi connectivity index (χ3n) is 11.9. The molecule has 0 saturated heterocycles. The van der Waals surface area contributed by atoms with Gasteiger partial charge in [-0.05, 0) is 100 Å². The molecule has 2 aliphatic heterocycles. The summed E-state index contributed by atoms with van der Waals surface area (Å²) in [5.74, 6) is 0.633. The van der Waals surface area contributed by atoms with Gasteiger partial charge in [0, 0.05) is 47.5 Å². The second kappa shape index (κ2) is 13.2. The minimum absolute atomic E-state index is 0.133. The van der Waals surface area contributed by atoms with Crippen LogP contribution in [0.1, 0.15) is 76.6 Å². The summed E-state index contributed by atoms with van der Waals surface area (Å²) in [5.41, 5.74) is 10.8. The van der Waals surface area contributed by atoms with Crippen LogP contribution in [0.4, 0.5) is 11.4 Å². The molecular weight excluding hydrogens is 629 g/mol. The summed E-state index contributed by atoms with van der Waals surface area (Å²) in [6.07, 6.45) is 10.4. The molecule has 1 unspecified atom stereocenters. The number of aryl methyl sites for hydroxylation is 1. The highest BCUT2D eigenvalue weighted by Gasteiger charge is 2.48. The van der Waals surface area contributed by atoms with Crippen LogP contribution in [-0.4, -0.2) is 23.4 Å². The van der Waals surface area contributed by atoms with Crippen molar-refractivity contribution in [2.75, 3.05) is 18.0 Å². The average Bonchev–Trinajstić information content (AvgIpc) is 3.49. The van der Waals surface area contributed by atoms with Gasteiger partial charge in [0.05, 0.1) is 5.41 Å². The van der Waals surface area contributed by atoms with E-state index in [9.17, 15) is 0 Å². The lowest BCUT2D eigenvalue weighted by Crippen LogP contribution is -2.34. The van der Waals surface area contributed by atoms with E-state index in [4.69, 9.17) is 0 Å². The normalized spacial score (nSPS) is 18.9. The predicted molar refractivity (Wildman–Crippen MR) is 225 cm³/mol. The van der Waals surface area contributed by atoms with Crippen molar-refractivity contribution in [2.45, 2.75) is 78.6 Å². The molecule has 1 atom stereocenters. The molecule has 0 amide bonds. The molecule has 0 N–H and O–H groups in total. The molecule has 0 fully saturated rings. The van der Waals surface area contributed by atoms with Crippen LogP contribution in [0.25, 0.3) is 32.3 Å². The standard InChI is InChI=1S/C50H53N2/c1-8-29-51-44-26-24-35(4)31-43(44)50(7,33-42-39-19-12-10-17-37(39)32-38-18-11-13-20-40(38)42)47(51)23-15-22-46-49(5,6)48-41-21-14-9-16-36(41)25-27-45(48)52(46)30-28-34(2)3/h9-27,31-32,34H,8,28-30,33H2,1-7H3/q+1. The van der Waals surface area contributed by atoms with Gasteiger partial charge in [-0.15, -0.1) is 0 Å². The first-order valence-corrected chi connectivity index (χ1v) is 19.5. The van der Waals surface area contributed by atoms with E-state index in [1.54, 1.807) is 0 Å². The number of rotatable bonds is 9. The van der Waals surface area contributed by atoms with Crippen LogP contribution in [0.5, 0.6) is 0 Å². The maximum Gasteiger partial charge on any atom is 0.209 e. The fourth-order valence-corrected chi connectivity index (χ4v) is 9.36. The highest BCUT2D eigenvalue weighted by Crippen LogP contribution is 2.51. The monoisotopic (exact) mass is 681 g/mol. The molecule has 0 aromatic heterocycles. The first kappa shape index (κ1) is 34.2. The molecule has 0 saturated carbocycles. The molecule has 0 aliphatic carbocycles. The van der Waals surface area contributed by atoms with Gasteiger partial charge in [-0.25, -0.2) is 0 Å². The van der Waals surface area contributed by atoms with Crippen molar-refractivity contribution in [1.82, 2.24) is 0 Å². The maximum atomic E-state index is 2.62. The topological polar surface area (TPSA) is 6.25 Å². The molecule has 2 heteroatoms. The summed E-state index contributed by atoms with van der Waals surface area (Å²) >= 11 is 0. The Balaban J connectivity index is 1.29. The highest BCUT2D eigenvalue weighted by molar-refractivity contribution is 6.07. The fourth-order valence-electron chi connectivity index (χ4n) is 9.36. The predicted octanol–water partition coefficient (Wildman–Crippen LogP) is 12.7. The van der Waals surface area contributed by atoms with Crippen LogP contribution in [-0.2, 0) is 17.3 Å². The molecule has 6 aromatic rings. The third-order valence-corrected chi connectivity index (χ3v) is 11.9. The molecule has 0 spiro atoms. The largest absolute Gasteiger partial charge is 0.344 e. The molecule has 2 heterocycles. The van der Waals surface area contributed by atoms with Crippen LogP contribution in [0, 0.1) is 12.8 Å². The number of hydrogen-bond donors (Lipinski definition) is 0. The van der Waals surface area contributed by atoms with E-state index in [-0.39, 0.29) is 10.8 Å². The summed E-state index contributed by atoms with van der Waals surface area (Å²) in [5, 5.41) is 8.02. The van der Waals surface area contributed by atoms with E-state index in [2.05, 4.69) is 185 Å². The zero-order valence-electron chi connectivity index (χ0n) is 32.1. The van der Waals surface area contributed by atoms with Crippen molar-refractivity contribution in [1.29, 1.82) is 0 Å². The summed E-state index contributed by atoms with van der Waals surface area (Å²) < 4.78 is 2.62. The Kier molecular flexibility index (Phi) is 8.69. The van der Waals surface area contributed by atoms with Crippen molar-refractivity contribution in [2.24, 2.45) is 5.92 Å². The molecule has 52 heavy (non-hydrogen) atoms. The van der Waals surface area contributed by atoms with Gasteiger partial charge in [-0.3, -0.25) is 0 Å². The highest BCUT2D eigenvalue weighted by atomic mass is 15.2. The van der Waals surface area contributed by atoms with E-state index in [1.807, 2.05) is 0 Å². The van der Waals surface area contributed by atoms with Gasteiger partial charge in [0.2, 0.25) is 5.69 Å². The number of nitrogens with zero attached hydrogens (tertiary/aromatic N) is 2. The van der Waals surface area contributed by atoms with Gasteiger partial charge in [0.1, 0.15) is 6.54 Å². The van der Waals surface area contributed by atoms with Gasteiger partial charge in [0.15, 0.2) is 5.71 Å². The lowest BCUT2D eigenvalue weighted by Gasteiger charge is -2.28. The zero-order valence-corrected chi connectivity index (χ0v) is 32.1. The van der Waals surface area contributed by atoms with Crippen molar-refractivity contribution >= 4 is 49.4 Å². The Morgan fingerprint density at radius 2 is 1.40 bits per heavy atom. The minimum atomic E-state index is -0.222. The number of anilines is 1. The summed E-state index contributed by atoms with van der Waals surface area (Å²) in [4.78, 5) is 2.62. The second-order valence-corrected chi connectivity index (χ2v) is 16.4. The van der Waals surface area contributed by atoms with E-state index in [1.165, 1.54) is 77.4 Å². The van der Waals surface area contributed by atoms with Crippen LogP contribution in [0.15, 0.2) is 133 Å². The molecule has 2 aliphatic rings. The molecule has 6 aromatic carbocycles. The lowest BCUT2D eigenvalue weighted by molar-refractivity contribution is -0.437. The second-order valence-electron chi connectivity index (χ2n) is 16.4. The van der Waals surface area contributed by atoms with E-state index in [0.29, 0.717) is 5.92 Å². The fraction of sp³-hybridized carbons (Fsp3) is 0.300. The number of fused-ring (bicyclic) bond motifs is 6. The molecule has 8 rings (SSSR count). The Bertz CT molecular complexity index is 2380. The van der Waals surface area contributed by atoms with Crippen molar-refractivity contribution < 1.29 is 4.58 Å². The number of hydrogen-bond acceptors (Lipinski definition) is 1. The maximum absolute atomic E-state index is 2.62. The molecule has 2 nitrogen and oxygen atoms in total. The first-order chi connectivity index (χ1) is 25.1. The average molecular weight is 682 g/mol. The van der Waals surface area contributed by atoms with Gasteiger partial charge < -0.3 is 4.90 Å². The summed E-state index contributed by atoms with van der Waals surface area (Å²) in [7, 11) is 0. The molecule has 0 radical (unpaired) electrons. The van der Waals surface area contributed by atoms with E-state index >= 15 is 0 Å². The van der Waals surface area contributed by atoms with Gasteiger partial charge in [0.25, 0.3) is 0 Å². The first-order valence-electron chi connectivity index (χ1n) is 19.5. The van der Waals surface area contributed by atoms with Crippen molar-refractivity contribution in [3.05, 3.63) is 155 Å². The number of allylic oxidation sites excluding steroid dienone is 4. The van der Waals surface area contributed by atoms with Gasteiger partial charge in [-0.2, -0.15) is 4.58 Å². The van der Waals surface area contributed by atoms with Crippen LogP contribution >= 0.6 is 0 Å². The minimum Gasteiger partial charge on any atom is -0.344 e. The Morgan fingerprint density at radius 3 is 2.08 bits per heavy atom. The van der Waals surface area contributed by atoms with Gasteiger partial charge in [-0.1, -0.05) is 131 Å². The quantitative estimate of drug-likeness (QED) is 0.109. The van der Waals surface area contributed by atoms with E-state index in [0.717, 1.165) is 32.4 Å². The molecule has 0 bridgehead atoms. The Morgan fingerprint density at radius 1 is 0.750 bits per heavy atom. The third kappa shape index (κ3) is 5.59. The van der Waals surface area contributed by atoms with Crippen molar-refractivity contribution in [3.63, 3.8) is 0 Å². The van der Waals surface area contributed by atoms with Crippen LogP contribution < -0.4 is 4.90 Å². The lowest BCUT2D eigenvalue weighted by atomic mass is 9.72. The SMILES string of the molecule is CCC[N+]1=C(/C=C/C=C2/N(CCC(C)C)c3ccc4ccccc4c3C2(C)C)C(C)(Cc2c3ccccc3cc3ccccc23)c2cc(C)ccc21. The Hall–Kier alpha value is -4.95. The van der Waals surface area contributed by atoms with Crippen LogP contribution in [0.3, 0.4) is 0 Å². The van der Waals surface area contributed by atoms with Crippen LogP contribution in [0.2, 0.25) is 0 Å². The van der Waals surface area contributed by atoms with E-state index < -0.39 is 0 Å².